The Kier molecular flexibility index (Phi) is 2.33. The van der Waals surface area contributed by atoms with Crippen LogP contribution in [0.3, 0.4) is 0 Å². The van der Waals surface area contributed by atoms with Crippen LogP contribution in [0.5, 0.6) is 0 Å². The van der Waals surface area contributed by atoms with Crippen LogP contribution >= 0.6 is 0 Å². The number of nitrogen functional groups attached to an aromatic ring is 1. The van der Waals surface area contributed by atoms with E-state index in [9.17, 15) is 0 Å². The van der Waals surface area contributed by atoms with E-state index in [-0.39, 0.29) is 0 Å². The van der Waals surface area contributed by atoms with Gasteiger partial charge in [-0.2, -0.15) is 0 Å². The van der Waals surface area contributed by atoms with Crippen LogP contribution in [0.4, 0.5) is 5.82 Å². The highest BCUT2D eigenvalue weighted by atomic mass is 16.5. The highest BCUT2D eigenvalue weighted by Crippen LogP contribution is 2.24. The lowest BCUT2D eigenvalue weighted by Gasteiger charge is -1.94. The minimum absolute atomic E-state index is 0.399. The Bertz CT molecular complexity index is 323. The van der Waals surface area contributed by atoms with Gasteiger partial charge in [0.2, 0.25) is 0 Å². The summed E-state index contributed by atoms with van der Waals surface area (Å²) in [4.78, 5) is 0. The van der Waals surface area contributed by atoms with Gasteiger partial charge in [-0.15, -0.1) is 0 Å². The molecule has 0 atom stereocenters. The number of hydrogen-bond donors (Lipinski definition) is 1. The Morgan fingerprint density at radius 2 is 2.33 bits per heavy atom. The summed E-state index contributed by atoms with van der Waals surface area (Å²) in [5, 5.41) is 3.65. The maximum atomic E-state index is 5.57. The number of allylic oxidation sites excluding steroid dienone is 2. The van der Waals surface area contributed by atoms with Gasteiger partial charge in [0.25, 0.3) is 0 Å². The molecule has 64 valence electrons. The molecule has 0 aromatic carbocycles. The first-order valence-electron chi connectivity index (χ1n) is 3.70. The molecular formula is C9H12N2O. The van der Waals surface area contributed by atoms with Crippen molar-refractivity contribution in [3.05, 3.63) is 24.0 Å². The Morgan fingerprint density at radius 3 is 2.83 bits per heavy atom. The van der Waals surface area contributed by atoms with E-state index < -0.39 is 0 Å². The molecule has 2 N–H and O–H groups in total. The molecule has 0 amide bonds. The summed E-state index contributed by atoms with van der Waals surface area (Å²) in [6, 6.07) is 0. The molecule has 1 heterocycles. The van der Waals surface area contributed by atoms with E-state index in [4.69, 9.17) is 10.3 Å². The average molecular weight is 164 g/mol. The molecule has 1 aromatic heterocycles. The van der Waals surface area contributed by atoms with Crippen LogP contribution in [-0.2, 0) is 0 Å². The molecule has 3 nitrogen and oxygen atoms in total. The summed E-state index contributed by atoms with van der Waals surface area (Å²) in [6.07, 6.45) is 3.68. The van der Waals surface area contributed by atoms with Gasteiger partial charge in [-0.25, -0.2) is 0 Å². The van der Waals surface area contributed by atoms with Gasteiger partial charge < -0.3 is 10.3 Å². The van der Waals surface area contributed by atoms with Crippen molar-refractivity contribution < 1.29 is 4.52 Å². The standard InChI is InChI=1S/C9H12N2O/c1-4-5-7-8(6(2)3)9(10)11-12-7/h4-5H,2H2,1,3H3,(H2,10,11)/b5-4-. The van der Waals surface area contributed by atoms with E-state index in [0.29, 0.717) is 11.6 Å². The summed E-state index contributed by atoms with van der Waals surface area (Å²) in [7, 11) is 0. The van der Waals surface area contributed by atoms with E-state index in [1.165, 1.54) is 0 Å². The molecule has 0 saturated heterocycles. The highest BCUT2D eigenvalue weighted by Gasteiger charge is 2.10. The Balaban J connectivity index is 3.21. The largest absolute Gasteiger partial charge is 0.380 e. The molecule has 12 heavy (non-hydrogen) atoms. The van der Waals surface area contributed by atoms with Crippen molar-refractivity contribution in [2.24, 2.45) is 0 Å². The fourth-order valence-electron chi connectivity index (χ4n) is 1.01. The van der Waals surface area contributed by atoms with Gasteiger partial charge in [0, 0.05) is 0 Å². The predicted molar refractivity (Wildman–Crippen MR) is 50.3 cm³/mol. The summed E-state index contributed by atoms with van der Waals surface area (Å²) >= 11 is 0. The molecule has 3 heteroatoms. The molecular weight excluding hydrogens is 152 g/mol. The van der Waals surface area contributed by atoms with Crippen molar-refractivity contribution in [1.82, 2.24) is 5.16 Å². The first kappa shape index (κ1) is 8.59. The van der Waals surface area contributed by atoms with Crippen LogP contribution in [0.2, 0.25) is 0 Å². The van der Waals surface area contributed by atoms with Crippen LogP contribution in [-0.4, -0.2) is 5.16 Å². The molecule has 0 radical (unpaired) electrons. The Labute approximate surface area is 71.5 Å². The van der Waals surface area contributed by atoms with Gasteiger partial charge in [-0.3, -0.25) is 0 Å². The van der Waals surface area contributed by atoms with Crippen molar-refractivity contribution in [3.8, 4) is 0 Å². The fraction of sp³-hybridized carbons (Fsp3) is 0.222. The number of rotatable bonds is 2. The molecule has 0 spiro atoms. The lowest BCUT2D eigenvalue weighted by atomic mass is 10.1. The van der Waals surface area contributed by atoms with Crippen LogP contribution in [0, 0.1) is 0 Å². The molecule has 0 aliphatic carbocycles. The first-order chi connectivity index (χ1) is 5.66. The SMILES string of the molecule is C=C(C)c1c(N)noc1/C=C\C. The lowest BCUT2D eigenvalue weighted by molar-refractivity contribution is 0.415. The molecule has 0 aliphatic rings. The lowest BCUT2D eigenvalue weighted by Crippen LogP contribution is -1.89. The van der Waals surface area contributed by atoms with Crippen LogP contribution in [0.25, 0.3) is 11.6 Å². The van der Waals surface area contributed by atoms with E-state index in [2.05, 4.69) is 11.7 Å². The van der Waals surface area contributed by atoms with Crippen LogP contribution < -0.4 is 5.73 Å². The third-order valence-corrected chi connectivity index (χ3v) is 1.49. The third kappa shape index (κ3) is 1.39. The van der Waals surface area contributed by atoms with Gasteiger partial charge >= 0.3 is 0 Å². The van der Waals surface area contributed by atoms with Crippen molar-refractivity contribution >= 4 is 17.5 Å². The summed E-state index contributed by atoms with van der Waals surface area (Å²) < 4.78 is 4.97. The number of anilines is 1. The second kappa shape index (κ2) is 3.26. The number of nitrogens with zero attached hydrogens (tertiary/aromatic N) is 1. The first-order valence-corrected chi connectivity index (χ1v) is 3.70. The molecule has 1 rings (SSSR count). The third-order valence-electron chi connectivity index (χ3n) is 1.49. The smallest absolute Gasteiger partial charge is 0.175 e. The maximum absolute atomic E-state index is 5.57. The average Bonchev–Trinajstić information content (AvgIpc) is 2.32. The van der Waals surface area contributed by atoms with Crippen LogP contribution in [0.1, 0.15) is 25.2 Å². The summed E-state index contributed by atoms with van der Waals surface area (Å²) in [5.41, 5.74) is 7.23. The van der Waals surface area contributed by atoms with E-state index in [0.717, 1.165) is 11.1 Å². The zero-order valence-corrected chi connectivity index (χ0v) is 7.29. The van der Waals surface area contributed by atoms with Gasteiger partial charge in [0.1, 0.15) is 0 Å². The zero-order valence-electron chi connectivity index (χ0n) is 7.29. The predicted octanol–water partition coefficient (Wildman–Crippen LogP) is 2.32. The van der Waals surface area contributed by atoms with Gasteiger partial charge in [-0.05, 0) is 25.5 Å². The van der Waals surface area contributed by atoms with Crippen molar-refractivity contribution in [1.29, 1.82) is 0 Å². The molecule has 0 saturated carbocycles. The van der Waals surface area contributed by atoms with Crippen LogP contribution in [0.15, 0.2) is 17.2 Å². The van der Waals surface area contributed by atoms with E-state index in [1.54, 1.807) is 0 Å². The van der Waals surface area contributed by atoms with Crippen molar-refractivity contribution in [2.75, 3.05) is 5.73 Å². The number of hydrogen-bond acceptors (Lipinski definition) is 3. The van der Waals surface area contributed by atoms with Gasteiger partial charge in [-0.1, -0.05) is 17.8 Å². The zero-order chi connectivity index (χ0) is 9.14. The highest BCUT2D eigenvalue weighted by molar-refractivity contribution is 5.76. The quantitative estimate of drug-likeness (QED) is 0.729. The molecule has 0 fully saturated rings. The fourth-order valence-corrected chi connectivity index (χ4v) is 1.01. The van der Waals surface area contributed by atoms with Crippen molar-refractivity contribution in [2.45, 2.75) is 13.8 Å². The van der Waals surface area contributed by atoms with Gasteiger partial charge in [0.05, 0.1) is 5.56 Å². The second-order valence-corrected chi connectivity index (χ2v) is 2.59. The monoisotopic (exact) mass is 164 g/mol. The van der Waals surface area contributed by atoms with Crippen molar-refractivity contribution in [3.63, 3.8) is 0 Å². The normalized spacial score (nSPS) is 10.8. The maximum Gasteiger partial charge on any atom is 0.175 e. The minimum Gasteiger partial charge on any atom is -0.380 e. The van der Waals surface area contributed by atoms with E-state index >= 15 is 0 Å². The second-order valence-electron chi connectivity index (χ2n) is 2.59. The Hall–Kier alpha value is -1.51. The molecule has 0 aliphatic heterocycles. The number of aromatic nitrogens is 1. The summed E-state index contributed by atoms with van der Waals surface area (Å²) in [5.74, 6) is 1.07. The molecule has 1 aromatic rings. The number of nitrogens with two attached hydrogens (primary N) is 1. The summed E-state index contributed by atoms with van der Waals surface area (Å²) in [6.45, 7) is 7.56. The van der Waals surface area contributed by atoms with E-state index in [1.807, 2.05) is 26.0 Å². The topological polar surface area (TPSA) is 52.0 Å². The minimum atomic E-state index is 0.399. The Morgan fingerprint density at radius 1 is 1.67 bits per heavy atom. The van der Waals surface area contributed by atoms with Gasteiger partial charge in [0.15, 0.2) is 11.6 Å². The molecule has 0 bridgehead atoms. The molecule has 0 unspecified atom stereocenters.